The molecule has 3 aromatic heterocycles. The summed E-state index contributed by atoms with van der Waals surface area (Å²) in [6.07, 6.45) is 14.0. The third-order valence-corrected chi connectivity index (χ3v) is 6.64. The van der Waals surface area contributed by atoms with Gasteiger partial charge >= 0.3 is 5.97 Å². The zero-order valence-electron chi connectivity index (χ0n) is 19.6. The lowest BCUT2D eigenvalue weighted by molar-refractivity contribution is -0.137. The molecule has 0 spiro atoms. The molecule has 180 valence electrons. The predicted molar refractivity (Wildman–Crippen MR) is 131 cm³/mol. The number of hydrogen-bond acceptors (Lipinski definition) is 6. The lowest BCUT2D eigenvalue weighted by atomic mass is 9.95. The van der Waals surface area contributed by atoms with Gasteiger partial charge in [-0.1, -0.05) is 48.7 Å². The largest absolute Gasteiger partial charge is 0.481 e. The van der Waals surface area contributed by atoms with E-state index in [1.807, 2.05) is 42.6 Å². The zero-order valence-corrected chi connectivity index (χ0v) is 19.6. The molecule has 0 bridgehead atoms. The Morgan fingerprint density at radius 1 is 1.00 bits per heavy atom. The van der Waals surface area contributed by atoms with Crippen molar-refractivity contribution in [3.05, 3.63) is 60.6 Å². The average Bonchev–Trinajstić information content (AvgIpc) is 3.56. The SMILES string of the molecule is O=C(O)CCCCc1ccc(-c2noc(-c3cnn(C4CCCCC4)c3-c3ccncc3)n2)cc1. The van der Waals surface area contributed by atoms with Crippen molar-refractivity contribution >= 4 is 5.97 Å². The molecule has 1 N–H and O–H groups in total. The molecule has 0 amide bonds. The zero-order chi connectivity index (χ0) is 24.0. The molecule has 1 aromatic carbocycles. The maximum Gasteiger partial charge on any atom is 0.303 e. The second-order valence-electron chi connectivity index (χ2n) is 9.10. The van der Waals surface area contributed by atoms with Gasteiger partial charge in [-0.2, -0.15) is 10.1 Å². The highest BCUT2D eigenvalue weighted by Gasteiger charge is 2.25. The first-order valence-corrected chi connectivity index (χ1v) is 12.3. The number of aliphatic carboxylic acids is 1. The first-order chi connectivity index (χ1) is 17.2. The third-order valence-electron chi connectivity index (χ3n) is 6.64. The van der Waals surface area contributed by atoms with Crippen LogP contribution in [0.4, 0.5) is 0 Å². The Bertz CT molecular complexity index is 1260. The van der Waals surface area contributed by atoms with Crippen molar-refractivity contribution in [1.29, 1.82) is 0 Å². The molecular formula is C27H29N5O3. The third kappa shape index (κ3) is 5.31. The van der Waals surface area contributed by atoms with Gasteiger partial charge in [-0.3, -0.25) is 14.5 Å². The number of nitrogens with zero attached hydrogens (tertiary/aromatic N) is 5. The molecule has 1 aliphatic rings. The minimum atomic E-state index is -0.746. The van der Waals surface area contributed by atoms with Crippen molar-refractivity contribution in [2.75, 3.05) is 0 Å². The van der Waals surface area contributed by atoms with Crippen LogP contribution in [0.3, 0.4) is 0 Å². The van der Waals surface area contributed by atoms with Gasteiger partial charge in [-0.25, -0.2) is 0 Å². The van der Waals surface area contributed by atoms with Crippen molar-refractivity contribution in [3.63, 3.8) is 0 Å². The number of rotatable bonds is 9. The topological polar surface area (TPSA) is 107 Å². The fraction of sp³-hybridized carbons (Fsp3) is 0.370. The molecule has 8 heteroatoms. The molecule has 3 heterocycles. The summed E-state index contributed by atoms with van der Waals surface area (Å²) in [6, 6.07) is 12.4. The number of carbonyl (C=O) groups is 1. The number of unbranched alkanes of at least 4 members (excludes halogenated alkanes) is 1. The Balaban J connectivity index is 1.38. The van der Waals surface area contributed by atoms with Gasteiger partial charge in [0.25, 0.3) is 5.89 Å². The molecule has 4 aromatic rings. The molecule has 1 fully saturated rings. The first-order valence-electron chi connectivity index (χ1n) is 12.3. The van der Waals surface area contributed by atoms with Gasteiger partial charge in [-0.15, -0.1) is 0 Å². The summed E-state index contributed by atoms with van der Waals surface area (Å²) in [7, 11) is 0. The van der Waals surface area contributed by atoms with E-state index in [9.17, 15) is 4.79 Å². The van der Waals surface area contributed by atoms with E-state index in [-0.39, 0.29) is 6.42 Å². The molecular weight excluding hydrogens is 442 g/mol. The molecule has 1 aliphatic carbocycles. The van der Waals surface area contributed by atoms with Crippen LogP contribution in [0, 0.1) is 0 Å². The van der Waals surface area contributed by atoms with E-state index in [0.717, 1.165) is 53.6 Å². The minimum Gasteiger partial charge on any atom is -0.481 e. The fourth-order valence-corrected chi connectivity index (χ4v) is 4.79. The molecule has 35 heavy (non-hydrogen) atoms. The maximum atomic E-state index is 10.7. The first kappa shape index (κ1) is 23.0. The smallest absolute Gasteiger partial charge is 0.303 e. The van der Waals surface area contributed by atoms with Crippen LogP contribution in [-0.2, 0) is 11.2 Å². The van der Waals surface area contributed by atoms with Gasteiger partial charge in [0, 0.05) is 29.9 Å². The Morgan fingerprint density at radius 2 is 1.77 bits per heavy atom. The van der Waals surface area contributed by atoms with E-state index in [4.69, 9.17) is 19.7 Å². The molecule has 8 nitrogen and oxygen atoms in total. The summed E-state index contributed by atoms with van der Waals surface area (Å²) in [4.78, 5) is 19.6. The quantitative estimate of drug-likeness (QED) is 0.300. The summed E-state index contributed by atoms with van der Waals surface area (Å²) in [5.74, 6) is 0.236. The van der Waals surface area contributed by atoms with Crippen molar-refractivity contribution in [1.82, 2.24) is 24.9 Å². The van der Waals surface area contributed by atoms with E-state index >= 15 is 0 Å². The van der Waals surface area contributed by atoms with Crippen LogP contribution in [-0.4, -0.2) is 36.0 Å². The number of hydrogen-bond donors (Lipinski definition) is 1. The summed E-state index contributed by atoms with van der Waals surface area (Å²) in [5.41, 5.74) is 4.89. The normalized spacial score (nSPS) is 14.3. The highest BCUT2D eigenvalue weighted by atomic mass is 16.5. The van der Waals surface area contributed by atoms with E-state index in [2.05, 4.69) is 14.8 Å². The van der Waals surface area contributed by atoms with Crippen molar-refractivity contribution < 1.29 is 14.4 Å². The van der Waals surface area contributed by atoms with E-state index < -0.39 is 5.97 Å². The lowest BCUT2D eigenvalue weighted by Crippen LogP contribution is -2.15. The molecule has 5 rings (SSSR count). The second-order valence-corrected chi connectivity index (χ2v) is 9.10. The standard InChI is InChI=1S/C27H29N5O3/c33-24(34)9-5-4-6-19-10-12-21(13-11-19)26-30-27(35-31-26)23-18-29-32(22-7-2-1-3-8-22)25(23)20-14-16-28-17-15-20/h10-18,22H,1-9H2,(H,33,34). The van der Waals surface area contributed by atoms with Crippen molar-refractivity contribution in [2.45, 2.75) is 63.8 Å². The number of carboxylic acid groups (broad SMARTS) is 1. The van der Waals surface area contributed by atoms with Crippen LogP contribution < -0.4 is 0 Å². The van der Waals surface area contributed by atoms with Gasteiger partial charge in [0.2, 0.25) is 5.82 Å². The fourth-order valence-electron chi connectivity index (χ4n) is 4.79. The van der Waals surface area contributed by atoms with Crippen molar-refractivity contribution in [3.8, 4) is 34.1 Å². The Kier molecular flexibility index (Phi) is 6.97. The van der Waals surface area contributed by atoms with Gasteiger partial charge in [0.1, 0.15) is 0 Å². The number of pyridine rings is 1. The van der Waals surface area contributed by atoms with Crippen LogP contribution >= 0.6 is 0 Å². The number of benzene rings is 1. The lowest BCUT2D eigenvalue weighted by Gasteiger charge is -2.24. The van der Waals surface area contributed by atoms with Gasteiger partial charge in [-0.05, 0) is 49.8 Å². The molecule has 0 unspecified atom stereocenters. The Labute approximate surface area is 204 Å². The number of aryl methyl sites for hydroxylation is 1. The van der Waals surface area contributed by atoms with Crippen molar-refractivity contribution in [2.24, 2.45) is 0 Å². The number of carboxylic acids is 1. The predicted octanol–water partition coefficient (Wildman–Crippen LogP) is 5.96. The van der Waals surface area contributed by atoms with Gasteiger partial charge < -0.3 is 9.63 Å². The summed E-state index contributed by atoms with van der Waals surface area (Å²) in [6.45, 7) is 0. The van der Waals surface area contributed by atoms with Crippen LogP contribution in [0.25, 0.3) is 34.1 Å². The average molecular weight is 472 g/mol. The summed E-state index contributed by atoms with van der Waals surface area (Å²) in [5, 5.41) is 17.8. The number of aromatic nitrogens is 5. The summed E-state index contributed by atoms with van der Waals surface area (Å²) >= 11 is 0. The van der Waals surface area contributed by atoms with Crippen LogP contribution in [0.5, 0.6) is 0 Å². The second kappa shape index (κ2) is 10.6. The highest BCUT2D eigenvalue weighted by molar-refractivity contribution is 5.77. The minimum absolute atomic E-state index is 0.211. The molecule has 0 saturated heterocycles. The maximum absolute atomic E-state index is 10.7. The van der Waals surface area contributed by atoms with Crippen LogP contribution in [0.15, 0.2) is 59.5 Å². The van der Waals surface area contributed by atoms with Gasteiger partial charge in [0.15, 0.2) is 0 Å². The van der Waals surface area contributed by atoms with E-state index in [1.54, 1.807) is 12.4 Å². The van der Waals surface area contributed by atoms with E-state index in [1.165, 1.54) is 19.3 Å². The van der Waals surface area contributed by atoms with Crippen LogP contribution in [0.2, 0.25) is 0 Å². The van der Waals surface area contributed by atoms with E-state index in [0.29, 0.717) is 24.2 Å². The Morgan fingerprint density at radius 3 is 2.51 bits per heavy atom. The molecule has 0 atom stereocenters. The highest BCUT2D eigenvalue weighted by Crippen LogP contribution is 2.37. The molecule has 1 saturated carbocycles. The molecule has 0 radical (unpaired) electrons. The Hall–Kier alpha value is -3.81. The van der Waals surface area contributed by atoms with Gasteiger partial charge in [0.05, 0.1) is 23.5 Å². The monoisotopic (exact) mass is 471 g/mol. The molecule has 0 aliphatic heterocycles. The van der Waals surface area contributed by atoms with Crippen LogP contribution in [0.1, 0.15) is 63.0 Å². The summed E-state index contributed by atoms with van der Waals surface area (Å²) < 4.78 is 7.85.